The van der Waals surface area contributed by atoms with Gasteiger partial charge in [-0.15, -0.1) is 10.2 Å². The molecule has 4 nitrogen and oxygen atoms in total. The van der Waals surface area contributed by atoms with Gasteiger partial charge < -0.3 is 9.88 Å². The van der Waals surface area contributed by atoms with Gasteiger partial charge in [0, 0.05) is 19.5 Å². The highest BCUT2D eigenvalue weighted by Crippen LogP contribution is 2.19. The standard InChI is InChI=1S/C17H24N4/c1-13-8-5-6-9-15(13)12-18-14(2)17-20-19-16-10-4-3-7-11-21(16)17/h5-6,8-9,14,18H,3-4,7,10-12H2,1-2H3. The van der Waals surface area contributed by atoms with Crippen LogP contribution in [-0.4, -0.2) is 14.8 Å². The van der Waals surface area contributed by atoms with E-state index in [1.807, 2.05) is 0 Å². The minimum Gasteiger partial charge on any atom is -0.314 e. The van der Waals surface area contributed by atoms with Crippen molar-refractivity contribution in [1.82, 2.24) is 20.1 Å². The van der Waals surface area contributed by atoms with Gasteiger partial charge in [0.25, 0.3) is 0 Å². The van der Waals surface area contributed by atoms with Crippen molar-refractivity contribution in [3.63, 3.8) is 0 Å². The first-order valence-electron chi connectivity index (χ1n) is 7.95. The lowest BCUT2D eigenvalue weighted by Gasteiger charge is -2.16. The molecule has 1 atom stereocenters. The number of nitrogens with zero attached hydrogens (tertiary/aromatic N) is 3. The summed E-state index contributed by atoms with van der Waals surface area (Å²) >= 11 is 0. The largest absolute Gasteiger partial charge is 0.314 e. The van der Waals surface area contributed by atoms with Crippen molar-refractivity contribution >= 4 is 0 Å². The Morgan fingerprint density at radius 1 is 1.19 bits per heavy atom. The molecule has 1 aromatic heterocycles. The quantitative estimate of drug-likeness (QED) is 0.937. The zero-order chi connectivity index (χ0) is 14.7. The number of hydrogen-bond acceptors (Lipinski definition) is 3. The molecule has 0 aliphatic carbocycles. The monoisotopic (exact) mass is 284 g/mol. The number of fused-ring (bicyclic) bond motifs is 1. The van der Waals surface area contributed by atoms with Gasteiger partial charge in [-0.05, 0) is 37.8 Å². The first-order chi connectivity index (χ1) is 10.3. The van der Waals surface area contributed by atoms with E-state index in [-0.39, 0.29) is 6.04 Å². The third-order valence-corrected chi connectivity index (χ3v) is 4.39. The zero-order valence-electron chi connectivity index (χ0n) is 13.0. The Morgan fingerprint density at radius 2 is 2.05 bits per heavy atom. The second kappa shape index (κ2) is 6.39. The molecular formula is C17H24N4. The second-order valence-electron chi connectivity index (χ2n) is 5.97. The first kappa shape index (κ1) is 14.3. The number of rotatable bonds is 4. The lowest BCUT2D eigenvalue weighted by molar-refractivity contribution is 0.501. The van der Waals surface area contributed by atoms with E-state index < -0.39 is 0 Å². The van der Waals surface area contributed by atoms with Gasteiger partial charge in [0.15, 0.2) is 0 Å². The summed E-state index contributed by atoms with van der Waals surface area (Å²) in [7, 11) is 0. The molecule has 0 radical (unpaired) electrons. The van der Waals surface area contributed by atoms with Crippen LogP contribution in [0.2, 0.25) is 0 Å². The van der Waals surface area contributed by atoms with Crippen molar-refractivity contribution in [1.29, 1.82) is 0 Å². The molecule has 1 aromatic carbocycles. The highest BCUT2D eigenvalue weighted by atomic mass is 15.3. The molecule has 2 aromatic rings. The molecule has 0 bridgehead atoms. The van der Waals surface area contributed by atoms with E-state index in [4.69, 9.17) is 0 Å². The number of benzene rings is 1. The molecule has 0 amide bonds. The van der Waals surface area contributed by atoms with Crippen LogP contribution in [0, 0.1) is 6.92 Å². The van der Waals surface area contributed by atoms with Crippen molar-refractivity contribution < 1.29 is 0 Å². The van der Waals surface area contributed by atoms with Crippen LogP contribution in [0.15, 0.2) is 24.3 Å². The predicted octanol–water partition coefficient (Wildman–Crippen LogP) is 3.16. The average molecular weight is 284 g/mol. The maximum absolute atomic E-state index is 4.42. The SMILES string of the molecule is Cc1ccccc1CNC(C)c1nnc2n1CCCCC2. The van der Waals surface area contributed by atoms with Gasteiger partial charge in [-0.3, -0.25) is 0 Å². The lowest BCUT2D eigenvalue weighted by Crippen LogP contribution is -2.22. The van der Waals surface area contributed by atoms with Crippen molar-refractivity contribution in [3.8, 4) is 0 Å². The van der Waals surface area contributed by atoms with Crippen LogP contribution in [-0.2, 0) is 19.5 Å². The van der Waals surface area contributed by atoms with Crippen LogP contribution >= 0.6 is 0 Å². The average Bonchev–Trinajstić information content (AvgIpc) is 2.75. The Bertz CT molecular complexity index is 603. The van der Waals surface area contributed by atoms with Crippen molar-refractivity contribution in [2.45, 2.75) is 58.7 Å². The second-order valence-corrected chi connectivity index (χ2v) is 5.97. The zero-order valence-corrected chi connectivity index (χ0v) is 13.0. The molecule has 3 rings (SSSR count). The third-order valence-electron chi connectivity index (χ3n) is 4.39. The van der Waals surface area contributed by atoms with Crippen LogP contribution in [0.4, 0.5) is 0 Å². The van der Waals surface area contributed by atoms with E-state index in [1.165, 1.54) is 30.4 Å². The van der Waals surface area contributed by atoms with E-state index in [1.54, 1.807) is 0 Å². The van der Waals surface area contributed by atoms with Crippen LogP contribution in [0.1, 0.15) is 55.0 Å². The molecule has 21 heavy (non-hydrogen) atoms. The summed E-state index contributed by atoms with van der Waals surface area (Å²) in [6.45, 7) is 6.27. The summed E-state index contributed by atoms with van der Waals surface area (Å²) in [5.74, 6) is 2.24. The van der Waals surface area contributed by atoms with Gasteiger partial charge in [0.05, 0.1) is 6.04 Å². The number of aryl methyl sites for hydroxylation is 2. The van der Waals surface area contributed by atoms with Gasteiger partial charge in [0.2, 0.25) is 0 Å². The van der Waals surface area contributed by atoms with Crippen molar-refractivity contribution in [2.24, 2.45) is 0 Å². The van der Waals surface area contributed by atoms with E-state index >= 15 is 0 Å². The van der Waals surface area contributed by atoms with Crippen LogP contribution in [0.25, 0.3) is 0 Å². The fourth-order valence-corrected chi connectivity index (χ4v) is 2.99. The fraction of sp³-hybridized carbons (Fsp3) is 0.529. The predicted molar refractivity (Wildman–Crippen MR) is 84.0 cm³/mol. The molecule has 0 saturated heterocycles. The van der Waals surface area contributed by atoms with Gasteiger partial charge in [-0.1, -0.05) is 30.7 Å². The summed E-state index contributed by atoms with van der Waals surface area (Å²) < 4.78 is 2.32. The Labute approximate surface area is 126 Å². The summed E-state index contributed by atoms with van der Waals surface area (Å²) in [5, 5.41) is 12.4. The molecular weight excluding hydrogens is 260 g/mol. The summed E-state index contributed by atoms with van der Waals surface area (Å²) in [4.78, 5) is 0. The molecule has 0 spiro atoms. The minimum atomic E-state index is 0.226. The number of aromatic nitrogens is 3. The van der Waals surface area contributed by atoms with Crippen molar-refractivity contribution in [2.75, 3.05) is 0 Å². The van der Waals surface area contributed by atoms with E-state index in [9.17, 15) is 0 Å². The Balaban J connectivity index is 1.70. The lowest BCUT2D eigenvalue weighted by atomic mass is 10.1. The molecule has 4 heteroatoms. The highest BCUT2D eigenvalue weighted by Gasteiger charge is 2.18. The minimum absolute atomic E-state index is 0.226. The third kappa shape index (κ3) is 3.16. The number of nitrogens with one attached hydrogen (secondary N) is 1. The Kier molecular flexibility index (Phi) is 4.34. The molecule has 1 aliphatic rings. The van der Waals surface area contributed by atoms with Gasteiger partial charge >= 0.3 is 0 Å². The van der Waals surface area contributed by atoms with E-state index in [2.05, 4.69) is 58.2 Å². The molecule has 0 saturated carbocycles. The Hall–Kier alpha value is -1.68. The smallest absolute Gasteiger partial charge is 0.149 e. The molecule has 0 fully saturated rings. The highest BCUT2D eigenvalue weighted by molar-refractivity contribution is 5.25. The van der Waals surface area contributed by atoms with Gasteiger partial charge in [-0.2, -0.15) is 0 Å². The normalized spacial score (nSPS) is 16.3. The number of hydrogen-bond donors (Lipinski definition) is 1. The van der Waals surface area contributed by atoms with Gasteiger partial charge in [-0.25, -0.2) is 0 Å². The maximum Gasteiger partial charge on any atom is 0.149 e. The molecule has 2 heterocycles. The maximum atomic E-state index is 4.42. The molecule has 1 N–H and O–H groups in total. The Morgan fingerprint density at radius 3 is 2.90 bits per heavy atom. The van der Waals surface area contributed by atoms with Crippen LogP contribution < -0.4 is 5.32 Å². The topological polar surface area (TPSA) is 42.7 Å². The van der Waals surface area contributed by atoms with Gasteiger partial charge in [0.1, 0.15) is 11.6 Å². The summed E-state index contributed by atoms with van der Waals surface area (Å²) in [5.41, 5.74) is 2.68. The molecule has 1 aliphatic heterocycles. The van der Waals surface area contributed by atoms with E-state index in [0.29, 0.717) is 0 Å². The van der Waals surface area contributed by atoms with E-state index in [0.717, 1.165) is 31.2 Å². The summed E-state index contributed by atoms with van der Waals surface area (Å²) in [6, 6.07) is 8.74. The summed E-state index contributed by atoms with van der Waals surface area (Å²) in [6.07, 6.45) is 4.84. The fourth-order valence-electron chi connectivity index (χ4n) is 2.99. The van der Waals surface area contributed by atoms with Crippen LogP contribution in [0.3, 0.4) is 0 Å². The van der Waals surface area contributed by atoms with Crippen LogP contribution in [0.5, 0.6) is 0 Å². The first-order valence-corrected chi connectivity index (χ1v) is 7.95. The molecule has 1 unspecified atom stereocenters. The molecule has 112 valence electrons. The van der Waals surface area contributed by atoms with Crippen molar-refractivity contribution in [3.05, 3.63) is 47.0 Å².